The monoisotopic (exact) mass is 442 g/mol. The molecule has 1 aliphatic rings. The van der Waals surface area contributed by atoms with Crippen LogP contribution in [0.15, 0.2) is 65.4 Å². The number of hydrogen-bond acceptors (Lipinski definition) is 4. The minimum absolute atomic E-state index is 0.152. The van der Waals surface area contributed by atoms with Gasteiger partial charge >= 0.3 is 0 Å². The van der Waals surface area contributed by atoms with E-state index in [1.54, 1.807) is 0 Å². The first-order chi connectivity index (χ1) is 16.1. The summed E-state index contributed by atoms with van der Waals surface area (Å²) in [5, 5.41) is 4.22. The van der Waals surface area contributed by atoms with E-state index in [1.165, 1.54) is 41.2 Å². The van der Waals surface area contributed by atoms with Gasteiger partial charge in [0.2, 0.25) is 5.89 Å². The Labute approximate surface area is 194 Å². The standard InChI is InChI=1S/C27H30N4O2/c1-19-6-8-21(9-7-19)16-31(13-12-22-15-28-24-5-3-2-4-23(22)24)17-26-30-25(18-33-26)27(32)29-14-20-10-11-20/h2-9,15,18,20,28H,10-14,16-17H2,1H3,(H,29,32). The van der Waals surface area contributed by atoms with Gasteiger partial charge in [-0.05, 0) is 49.3 Å². The van der Waals surface area contributed by atoms with Crippen molar-refractivity contribution >= 4 is 16.8 Å². The summed E-state index contributed by atoms with van der Waals surface area (Å²) in [6.07, 6.45) is 6.89. The zero-order chi connectivity index (χ0) is 22.6. The number of amides is 1. The molecule has 0 radical (unpaired) electrons. The third-order valence-corrected chi connectivity index (χ3v) is 6.29. The van der Waals surface area contributed by atoms with Gasteiger partial charge in [0.15, 0.2) is 5.69 Å². The minimum Gasteiger partial charge on any atom is -0.447 e. The molecule has 0 unspecified atom stereocenters. The van der Waals surface area contributed by atoms with E-state index in [0.717, 1.165) is 31.6 Å². The maximum absolute atomic E-state index is 12.4. The summed E-state index contributed by atoms with van der Waals surface area (Å²) in [5.41, 5.74) is 5.31. The number of aryl methyl sites for hydroxylation is 1. The molecular weight excluding hydrogens is 412 g/mol. The van der Waals surface area contributed by atoms with Gasteiger partial charge in [-0.1, -0.05) is 48.0 Å². The van der Waals surface area contributed by atoms with Crippen LogP contribution in [-0.2, 0) is 19.5 Å². The average molecular weight is 443 g/mol. The van der Waals surface area contributed by atoms with E-state index in [0.29, 0.717) is 24.0 Å². The fourth-order valence-electron chi connectivity index (χ4n) is 4.11. The fourth-order valence-corrected chi connectivity index (χ4v) is 4.11. The summed E-state index contributed by atoms with van der Waals surface area (Å²) >= 11 is 0. The Morgan fingerprint density at radius 1 is 1.15 bits per heavy atom. The van der Waals surface area contributed by atoms with Crippen molar-refractivity contribution < 1.29 is 9.21 Å². The predicted molar refractivity (Wildman–Crippen MR) is 129 cm³/mol. The van der Waals surface area contributed by atoms with Crippen molar-refractivity contribution in [2.45, 2.75) is 39.3 Å². The number of carbonyl (C=O) groups excluding carboxylic acids is 1. The van der Waals surface area contributed by atoms with Crippen LogP contribution in [0, 0.1) is 12.8 Å². The Balaban J connectivity index is 1.28. The first kappa shape index (κ1) is 21.5. The van der Waals surface area contributed by atoms with E-state index in [9.17, 15) is 4.79 Å². The highest BCUT2D eigenvalue weighted by atomic mass is 16.3. The molecule has 0 atom stereocenters. The number of H-pyrrole nitrogens is 1. The number of nitrogens with zero attached hydrogens (tertiary/aromatic N) is 2. The number of nitrogens with one attached hydrogen (secondary N) is 2. The number of rotatable bonds is 10. The molecule has 2 aromatic carbocycles. The number of fused-ring (bicyclic) bond motifs is 1. The van der Waals surface area contributed by atoms with E-state index in [4.69, 9.17) is 4.42 Å². The number of oxazole rings is 1. The van der Waals surface area contributed by atoms with Gasteiger partial charge in [-0.3, -0.25) is 9.69 Å². The molecule has 33 heavy (non-hydrogen) atoms. The molecule has 5 rings (SSSR count). The van der Waals surface area contributed by atoms with Gasteiger partial charge in [0.1, 0.15) is 6.26 Å². The minimum atomic E-state index is -0.152. The van der Waals surface area contributed by atoms with Crippen LogP contribution in [0.1, 0.15) is 45.9 Å². The van der Waals surface area contributed by atoms with Crippen molar-refractivity contribution in [1.82, 2.24) is 20.2 Å². The predicted octanol–water partition coefficient (Wildman–Crippen LogP) is 4.85. The molecular formula is C27H30N4O2. The number of para-hydroxylation sites is 1. The normalized spacial score (nSPS) is 13.6. The second kappa shape index (κ2) is 9.63. The molecule has 4 aromatic rings. The van der Waals surface area contributed by atoms with E-state index in [-0.39, 0.29) is 5.91 Å². The molecule has 0 saturated heterocycles. The Morgan fingerprint density at radius 2 is 1.97 bits per heavy atom. The van der Waals surface area contributed by atoms with Crippen LogP contribution in [0.4, 0.5) is 0 Å². The highest BCUT2D eigenvalue weighted by molar-refractivity contribution is 5.91. The van der Waals surface area contributed by atoms with Crippen LogP contribution in [0.2, 0.25) is 0 Å². The zero-order valence-corrected chi connectivity index (χ0v) is 19.0. The number of aromatic nitrogens is 2. The molecule has 2 heterocycles. The van der Waals surface area contributed by atoms with Crippen LogP contribution in [0.25, 0.3) is 10.9 Å². The van der Waals surface area contributed by atoms with E-state index in [2.05, 4.69) is 75.8 Å². The summed E-state index contributed by atoms with van der Waals surface area (Å²) in [6.45, 7) is 5.01. The van der Waals surface area contributed by atoms with Gasteiger partial charge in [-0.25, -0.2) is 4.98 Å². The summed E-state index contributed by atoms with van der Waals surface area (Å²) in [5.74, 6) is 1.05. The molecule has 0 bridgehead atoms. The maximum atomic E-state index is 12.4. The van der Waals surface area contributed by atoms with Gasteiger partial charge in [0.05, 0.1) is 6.54 Å². The molecule has 1 amide bonds. The first-order valence-electron chi connectivity index (χ1n) is 11.7. The molecule has 6 nitrogen and oxygen atoms in total. The second-order valence-electron chi connectivity index (χ2n) is 9.09. The molecule has 6 heteroatoms. The molecule has 1 saturated carbocycles. The quantitative estimate of drug-likeness (QED) is 0.368. The summed E-state index contributed by atoms with van der Waals surface area (Å²) in [7, 11) is 0. The highest BCUT2D eigenvalue weighted by Gasteiger charge is 2.23. The van der Waals surface area contributed by atoms with Gasteiger partial charge in [-0.2, -0.15) is 0 Å². The highest BCUT2D eigenvalue weighted by Crippen LogP contribution is 2.27. The van der Waals surface area contributed by atoms with Gasteiger partial charge in [-0.15, -0.1) is 0 Å². The first-order valence-corrected chi connectivity index (χ1v) is 11.7. The van der Waals surface area contributed by atoms with Crippen LogP contribution >= 0.6 is 0 Å². The summed E-state index contributed by atoms with van der Waals surface area (Å²) in [4.78, 5) is 22.5. The second-order valence-corrected chi connectivity index (χ2v) is 9.09. The zero-order valence-electron chi connectivity index (χ0n) is 19.0. The lowest BCUT2D eigenvalue weighted by molar-refractivity contribution is 0.0946. The smallest absolute Gasteiger partial charge is 0.273 e. The topological polar surface area (TPSA) is 74.2 Å². The van der Waals surface area contributed by atoms with E-state index in [1.807, 2.05) is 6.07 Å². The van der Waals surface area contributed by atoms with Crippen molar-refractivity contribution in [2.24, 2.45) is 5.92 Å². The Bertz CT molecular complexity index is 1220. The van der Waals surface area contributed by atoms with Crippen molar-refractivity contribution in [3.8, 4) is 0 Å². The number of carbonyl (C=O) groups is 1. The van der Waals surface area contributed by atoms with Crippen LogP contribution in [0.5, 0.6) is 0 Å². The van der Waals surface area contributed by atoms with Gasteiger partial charge in [0, 0.05) is 36.7 Å². The molecule has 1 fully saturated rings. The van der Waals surface area contributed by atoms with Crippen LogP contribution in [0.3, 0.4) is 0 Å². The Morgan fingerprint density at radius 3 is 2.79 bits per heavy atom. The molecule has 2 aromatic heterocycles. The number of benzene rings is 2. The number of aromatic amines is 1. The van der Waals surface area contributed by atoms with Crippen molar-refractivity contribution in [3.05, 3.63) is 89.3 Å². The third-order valence-electron chi connectivity index (χ3n) is 6.29. The van der Waals surface area contributed by atoms with Gasteiger partial charge in [0.25, 0.3) is 5.91 Å². The average Bonchev–Trinajstić information content (AvgIpc) is 3.39. The lowest BCUT2D eigenvalue weighted by Crippen LogP contribution is -2.27. The lowest BCUT2D eigenvalue weighted by Gasteiger charge is -2.21. The van der Waals surface area contributed by atoms with E-state index < -0.39 is 0 Å². The van der Waals surface area contributed by atoms with Gasteiger partial charge < -0.3 is 14.7 Å². The van der Waals surface area contributed by atoms with E-state index >= 15 is 0 Å². The molecule has 1 aliphatic carbocycles. The van der Waals surface area contributed by atoms with Crippen molar-refractivity contribution in [1.29, 1.82) is 0 Å². The third kappa shape index (κ3) is 5.52. The fraction of sp³-hybridized carbons (Fsp3) is 0.333. The van der Waals surface area contributed by atoms with Crippen LogP contribution < -0.4 is 5.32 Å². The summed E-state index contributed by atoms with van der Waals surface area (Å²) < 4.78 is 5.68. The molecule has 170 valence electrons. The Hall–Kier alpha value is -3.38. The molecule has 0 aliphatic heterocycles. The van der Waals surface area contributed by atoms with Crippen molar-refractivity contribution in [3.63, 3.8) is 0 Å². The SMILES string of the molecule is Cc1ccc(CN(CCc2c[nH]c3ccccc23)Cc2nc(C(=O)NCC3CC3)co2)cc1. The Kier molecular flexibility index (Phi) is 6.26. The van der Waals surface area contributed by atoms with Crippen LogP contribution in [-0.4, -0.2) is 33.9 Å². The van der Waals surface area contributed by atoms with Crippen molar-refractivity contribution in [2.75, 3.05) is 13.1 Å². The largest absolute Gasteiger partial charge is 0.447 e. The number of hydrogen-bond donors (Lipinski definition) is 2. The maximum Gasteiger partial charge on any atom is 0.273 e. The lowest BCUT2D eigenvalue weighted by atomic mass is 10.1. The molecule has 0 spiro atoms. The molecule has 2 N–H and O–H groups in total. The summed E-state index contributed by atoms with van der Waals surface area (Å²) in [6, 6.07) is 17.0.